The molecular formula is C17H25NO3. The standard InChI is InChI=1S/C17H25NO3/c1-18(13-15(19)14-8-4-2-5-9-14)17(12-16(20)21)10-6-3-7-11-17/h2,4-5,8-9,15,19H,3,6-7,10-13H2,1H3,(H,20,21). The van der Waals surface area contributed by atoms with Crippen LogP contribution in [-0.2, 0) is 4.79 Å². The molecule has 0 saturated heterocycles. The highest BCUT2D eigenvalue weighted by Gasteiger charge is 2.38. The molecule has 1 aromatic carbocycles. The van der Waals surface area contributed by atoms with Gasteiger partial charge >= 0.3 is 5.97 Å². The number of carboxylic acids is 1. The predicted molar refractivity (Wildman–Crippen MR) is 82.1 cm³/mol. The van der Waals surface area contributed by atoms with Crippen molar-refractivity contribution in [2.75, 3.05) is 13.6 Å². The lowest BCUT2D eigenvalue weighted by molar-refractivity contribution is -0.141. The maximum Gasteiger partial charge on any atom is 0.305 e. The second kappa shape index (κ2) is 7.05. The number of hydrogen-bond donors (Lipinski definition) is 2. The third kappa shape index (κ3) is 4.05. The molecule has 0 aromatic heterocycles. The van der Waals surface area contributed by atoms with E-state index in [1.807, 2.05) is 37.4 Å². The van der Waals surface area contributed by atoms with Crippen LogP contribution in [0.3, 0.4) is 0 Å². The maximum atomic E-state index is 11.2. The molecule has 1 unspecified atom stereocenters. The van der Waals surface area contributed by atoms with E-state index in [0.717, 1.165) is 31.2 Å². The van der Waals surface area contributed by atoms with Gasteiger partial charge in [0.1, 0.15) is 0 Å². The number of aliphatic hydroxyl groups is 1. The molecule has 1 aliphatic carbocycles. The SMILES string of the molecule is CN(CC(O)c1ccccc1)C1(CC(=O)O)CCCCC1. The van der Waals surface area contributed by atoms with Gasteiger partial charge in [0.25, 0.3) is 0 Å². The van der Waals surface area contributed by atoms with Crippen molar-refractivity contribution in [3.63, 3.8) is 0 Å². The molecule has 1 aromatic rings. The third-order valence-electron chi connectivity index (χ3n) is 4.71. The van der Waals surface area contributed by atoms with E-state index in [1.165, 1.54) is 6.42 Å². The molecule has 1 aliphatic rings. The Bertz CT molecular complexity index is 454. The molecule has 0 bridgehead atoms. The van der Waals surface area contributed by atoms with Gasteiger partial charge in [-0.3, -0.25) is 9.69 Å². The summed E-state index contributed by atoms with van der Waals surface area (Å²) >= 11 is 0. The molecule has 0 heterocycles. The summed E-state index contributed by atoms with van der Waals surface area (Å²) < 4.78 is 0. The maximum absolute atomic E-state index is 11.2. The van der Waals surface area contributed by atoms with Crippen molar-refractivity contribution >= 4 is 5.97 Å². The van der Waals surface area contributed by atoms with Crippen LogP contribution < -0.4 is 0 Å². The molecule has 1 saturated carbocycles. The van der Waals surface area contributed by atoms with Crippen LogP contribution in [0.1, 0.15) is 50.2 Å². The lowest BCUT2D eigenvalue weighted by Crippen LogP contribution is -2.50. The summed E-state index contributed by atoms with van der Waals surface area (Å²) in [6.45, 7) is 0.470. The van der Waals surface area contributed by atoms with Crippen LogP contribution in [0.2, 0.25) is 0 Å². The molecule has 4 heteroatoms. The second-order valence-corrected chi connectivity index (χ2v) is 6.16. The zero-order chi connectivity index (χ0) is 15.3. The summed E-state index contributed by atoms with van der Waals surface area (Å²) in [5.41, 5.74) is 0.575. The van der Waals surface area contributed by atoms with Crippen molar-refractivity contribution in [1.82, 2.24) is 4.90 Å². The Hall–Kier alpha value is -1.39. The second-order valence-electron chi connectivity index (χ2n) is 6.16. The number of likely N-dealkylation sites (N-methyl/N-ethyl adjacent to an activating group) is 1. The van der Waals surface area contributed by atoms with E-state index in [0.29, 0.717) is 6.54 Å². The average molecular weight is 291 g/mol. The Morgan fingerprint density at radius 2 is 1.86 bits per heavy atom. The number of carbonyl (C=O) groups is 1. The van der Waals surface area contributed by atoms with Crippen LogP contribution in [-0.4, -0.2) is 40.2 Å². The van der Waals surface area contributed by atoms with Gasteiger partial charge in [0.2, 0.25) is 0 Å². The Kier molecular flexibility index (Phi) is 5.37. The van der Waals surface area contributed by atoms with Crippen molar-refractivity contribution in [3.05, 3.63) is 35.9 Å². The normalized spacial score (nSPS) is 19.4. The quantitative estimate of drug-likeness (QED) is 0.846. The number of aliphatic carboxylic acids is 1. The highest BCUT2D eigenvalue weighted by Crippen LogP contribution is 2.36. The fraction of sp³-hybridized carbons (Fsp3) is 0.588. The lowest BCUT2D eigenvalue weighted by Gasteiger charge is -2.44. The number of benzene rings is 1. The summed E-state index contributed by atoms with van der Waals surface area (Å²) in [7, 11) is 1.94. The van der Waals surface area contributed by atoms with E-state index < -0.39 is 12.1 Å². The minimum Gasteiger partial charge on any atom is -0.481 e. The number of nitrogens with zero attached hydrogens (tertiary/aromatic N) is 1. The highest BCUT2D eigenvalue weighted by molar-refractivity contribution is 5.68. The first-order valence-corrected chi connectivity index (χ1v) is 7.69. The zero-order valence-electron chi connectivity index (χ0n) is 12.7. The molecule has 1 fully saturated rings. The smallest absolute Gasteiger partial charge is 0.305 e. The van der Waals surface area contributed by atoms with Crippen molar-refractivity contribution in [2.45, 2.75) is 50.2 Å². The Labute approximate surface area is 126 Å². The molecule has 1 atom stereocenters. The monoisotopic (exact) mass is 291 g/mol. The van der Waals surface area contributed by atoms with Gasteiger partial charge < -0.3 is 10.2 Å². The molecule has 0 amide bonds. The number of hydrogen-bond acceptors (Lipinski definition) is 3. The molecule has 0 spiro atoms. The fourth-order valence-electron chi connectivity index (χ4n) is 3.42. The van der Waals surface area contributed by atoms with Gasteiger partial charge in [-0.15, -0.1) is 0 Å². The molecule has 21 heavy (non-hydrogen) atoms. The molecule has 0 radical (unpaired) electrons. The van der Waals surface area contributed by atoms with Crippen molar-refractivity contribution < 1.29 is 15.0 Å². The van der Waals surface area contributed by atoms with Crippen LogP contribution in [0, 0.1) is 0 Å². The molecule has 116 valence electrons. The lowest BCUT2D eigenvalue weighted by atomic mass is 9.78. The first kappa shape index (κ1) is 16.0. The topological polar surface area (TPSA) is 60.8 Å². The van der Waals surface area contributed by atoms with Gasteiger partial charge in [0.05, 0.1) is 12.5 Å². The largest absolute Gasteiger partial charge is 0.481 e. The Morgan fingerprint density at radius 3 is 2.43 bits per heavy atom. The minimum atomic E-state index is -0.752. The molecule has 2 N–H and O–H groups in total. The number of β-amino-alcohol motifs (C(OH)–C–C–N with tert-alkyl or cyclic N) is 1. The van der Waals surface area contributed by atoms with Crippen molar-refractivity contribution in [3.8, 4) is 0 Å². The van der Waals surface area contributed by atoms with Gasteiger partial charge in [-0.2, -0.15) is 0 Å². The Morgan fingerprint density at radius 1 is 1.24 bits per heavy atom. The predicted octanol–water partition coefficient (Wildman–Crippen LogP) is 2.83. The summed E-state index contributed by atoms with van der Waals surface area (Å²) in [5.74, 6) is -0.752. The van der Waals surface area contributed by atoms with E-state index >= 15 is 0 Å². The molecule has 4 nitrogen and oxygen atoms in total. The third-order valence-corrected chi connectivity index (χ3v) is 4.71. The van der Waals surface area contributed by atoms with Crippen LogP contribution >= 0.6 is 0 Å². The van der Waals surface area contributed by atoms with E-state index in [4.69, 9.17) is 0 Å². The molecular weight excluding hydrogens is 266 g/mol. The van der Waals surface area contributed by atoms with Gasteiger partial charge in [-0.05, 0) is 25.5 Å². The van der Waals surface area contributed by atoms with Crippen molar-refractivity contribution in [1.29, 1.82) is 0 Å². The first-order valence-electron chi connectivity index (χ1n) is 7.69. The fourth-order valence-corrected chi connectivity index (χ4v) is 3.42. The summed E-state index contributed by atoms with van der Waals surface area (Å²) in [6.07, 6.45) is 4.69. The van der Waals surface area contributed by atoms with E-state index in [9.17, 15) is 15.0 Å². The van der Waals surface area contributed by atoms with E-state index in [1.54, 1.807) is 0 Å². The van der Waals surface area contributed by atoms with E-state index in [2.05, 4.69) is 4.90 Å². The van der Waals surface area contributed by atoms with Crippen LogP contribution in [0.5, 0.6) is 0 Å². The van der Waals surface area contributed by atoms with Gasteiger partial charge in [-0.1, -0.05) is 49.6 Å². The van der Waals surface area contributed by atoms with Crippen LogP contribution in [0.25, 0.3) is 0 Å². The summed E-state index contributed by atoms with van der Waals surface area (Å²) in [5, 5.41) is 19.6. The average Bonchev–Trinajstić information content (AvgIpc) is 2.48. The summed E-state index contributed by atoms with van der Waals surface area (Å²) in [4.78, 5) is 13.3. The van der Waals surface area contributed by atoms with Gasteiger partial charge in [-0.25, -0.2) is 0 Å². The van der Waals surface area contributed by atoms with Gasteiger partial charge in [0.15, 0.2) is 0 Å². The minimum absolute atomic E-state index is 0.158. The number of carboxylic acid groups (broad SMARTS) is 1. The van der Waals surface area contributed by atoms with Crippen LogP contribution in [0.4, 0.5) is 0 Å². The molecule has 0 aliphatic heterocycles. The molecule has 2 rings (SSSR count). The van der Waals surface area contributed by atoms with Crippen molar-refractivity contribution in [2.24, 2.45) is 0 Å². The van der Waals surface area contributed by atoms with E-state index in [-0.39, 0.29) is 12.0 Å². The number of rotatable bonds is 6. The van der Waals surface area contributed by atoms with Gasteiger partial charge in [0, 0.05) is 12.1 Å². The highest BCUT2D eigenvalue weighted by atomic mass is 16.4. The number of aliphatic hydroxyl groups excluding tert-OH is 1. The first-order chi connectivity index (χ1) is 10.0. The summed E-state index contributed by atoms with van der Waals surface area (Å²) in [6, 6.07) is 9.55. The zero-order valence-corrected chi connectivity index (χ0v) is 12.7. The Balaban J connectivity index is 2.07. The van der Waals surface area contributed by atoms with Crippen LogP contribution in [0.15, 0.2) is 30.3 Å².